The van der Waals surface area contributed by atoms with Gasteiger partial charge in [-0.25, -0.2) is 0 Å². The molecule has 0 unspecified atom stereocenters. The fourth-order valence-electron chi connectivity index (χ4n) is 2.92. The zero-order valence-corrected chi connectivity index (χ0v) is 14.8. The number of hydrogen-bond donors (Lipinski definition) is 1. The summed E-state index contributed by atoms with van der Waals surface area (Å²) in [5.41, 5.74) is 1.10. The van der Waals surface area contributed by atoms with Crippen molar-refractivity contribution in [3.05, 3.63) is 69.1 Å². The molecule has 3 rings (SSSR count). The van der Waals surface area contributed by atoms with Gasteiger partial charge < -0.3 is 14.4 Å². The van der Waals surface area contributed by atoms with Crippen LogP contribution in [0.2, 0.25) is 0 Å². The summed E-state index contributed by atoms with van der Waals surface area (Å²) in [6, 6.07) is 8.69. The van der Waals surface area contributed by atoms with E-state index in [1.54, 1.807) is 19.9 Å². The van der Waals surface area contributed by atoms with Crippen LogP contribution in [-0.4, -0.2) is 28.1 Å². The molecule has 8 nitrogen and oxygen atoms in total. The first-order chi connectivity index (χ1) is 12.8. The van der Waals surface area contributed by atoms with Crippen LogP contribution in [0.5, 0.6) is 11.5 Å². The number of rotatable bonds is 5. The maximum Gasteiger partial charge on any atom is 0.270 e. The van der Waals surface area contributed by atoms with Gasteiger partial charge in [0.1, 0.15) is 17.3 Å². The maximum absolute atomic E-state index is 12.9. The minimum atomic E-state index is -0.536. The Morgan fingerprint density at radius 1 is 1.26 bits per heavy atom. The molecule has 0 aliphatic rings. The Kier molecular flexibility index (Phi) is 4.64. The van der Waals surface area contributed by atoms with Crippen LogP contribution >= 0.6 is 0 Å². The van der Waals surface area contributed by atoms with Crippen LogP contribution in [0.4, 0.5) is 5.69 Å². The van der Waals surface area contributed by atoms with Crippen LogP contribution in [0.15, 0.2) is 40.9 Å². The lowest BCUT2D eigenvalue weighted by atomic mass is 9.95. The van der Waals surface area contributed by atoms with E-state index in [1.165, 1.54) is 37.4 Å². The van der Waals surface area contributed by atoms with Gasteiger partial charge in [0.2, 0.25) is 5.78 Å². The fourth-order valence-corrected chi connectivity index (χ4v) is 2.92. The number of benzene rings is 2. The number of nitrogens with zero attached hydrogens (tertiary/aromatic N) is 2. The van der Waals surface area contributed by atoms with Crippen molar-refractivity contribution in [1.29, 1.82) is 0 Å². The van der Waals surface area contributed by atoms with Crippen molar-refractivity contribution < 1.29 is 24.1 Å². The highest BCUT2D eigenvalue weighted by Crippen LogP contribution is 2.42. The molecule has 0 bridgehead atoms. The summed E-state index contributed by atoms with van der Waals surface area (Å²) < 4.78 is 10.3. The zero-order chi connectivity index (χ0) is 19.7. The number of aromatic hydroxyl groups is 1. The van der Waals surface area contributed by atoms with Gasteiger partial charge in [-0.3, -0.25) is 14.9 Å². The van der Waals surface area contributed by atoms with Crippen LogP contribution in [0.1, 0.15) is 27.4 Å². The van der Waals surface area contributed by atoms with Gasteiger partial charge >= 0.3 is 0 Å². The molecular formula is C19H16N2O6. The monoisotopic (exact) mass is 368 g/mol. The van der Waals surface area contributed by atoms with Crippen molar-refractivity contribution >= 4 is 11.5 Å². The molecule has 1 heterocycles. The third-order valence-corrected chi connectivity index (χ3v) is 4.21. The highest BCUT2D eigenvalue weighted by atomic mass is 16.6. The van der Waals surface area contributed by atoms with Gasteiger partial charge in [-0.2, -0.15) is 0 Å². The Labute approximate surface area is 154 Å². The van der Waals surface area contributed by atoms with Gasteiger partial charge in [0, 0.05) is 12.1 Å². The first-order valence-corrected chi connectivity index (χ1v) is 7.97. The normalized spacial score (nSPS) is 10.6. The first-order valence-electron chi connectivity index (χ1n) is 7.97. The smallest absolute Gasteiger partial charge is 0.270 e. The molecule has 0 saturated carbocycles. The average Bonchev–Trinajstić information content (AvgIpc) is 2.99. The van der Waals surface area contributed by atoms with Gasteiger partial charge in [0.05, 0.1) is 34.4 Å². The second kappa shape index (κ2) is 6.91. The molecule has 3 aromatic rings. The van der Waals surface area contributed by atoms with Gasteiger partial charge in [-0.15, -0.1) is 0 Å². The van der Waals surface area contributed by atoms with E-state index in [1.807, 2.05) is 0 Å². The summed E-state index contributed by atoms with van der Waals surface area (Å²) in [5.74, 6) is -0.175. The minimum Gasteiger partial charge on any atom is -0.506 e. The number of aryl methyl sites for hydroxylation is 2. The summed E-state index contributed by atoms with van der Waals surface area (Å²) in [4.78, 5) is 23.5. The molecular weight excluding hydrogens is 352 g/mol. The van der Waals surface area contributed by atoms with E-state index in [9.17, 15) is 20.0 Å². The van der Waals surface area contributed by atoms with Gasteiger partial charge in [-0.05, 0) is 31.5 Å². The van der Waals surface area contributed by atoms with E-state index in [-0.39, 0.29) is 33.9 Å². The van der Waals surface area contributed by atoms with Crippen molar-refractivity contribution in [2.45, 2.75) is 13.8 Å². The molecule has 0 amide bonds. The Hall–Kier alpha value is -3.68. The lowest BCUT2D eigenvalue weighted by Crippen LogP contribution is -2.05. The molecule has 27 heavy (non-hydrogen) atoms. The second-order valence-corrected chi connectivity index (χ2v) is 5.87. The fraction of sp³-hybridized carbons (Fsp3) is 0.158. The summed E-state index contributed by atoms with van der Waals surface area (Å²) in [6.45, 7) is 3.24. The molecule has 2 aromatic carbocycles. The summed E-state index contributed by atoms with van der Waals surface area (Å²) >= 11 is 0. The lowest BCUT2D eigenvalue weighted by molar-refractivity contribution is -0.384. The number of carbonyl (C=O) groups is 1. The van der Waals surface area contributed by atoms with Crippen molar-refractivity contribution in [3.63, 3.8) is 0 Å². The highest BCUT2D eigenvalue weighted by molar-refractivity contribution is 6.13. The molecule has 0 radical (unpaired) electrons. The Morgan fingerprint density at radius 3 is 2.59 bits per heavy atom. The number of nitro benzene ring substituents is 1. The average molecular weight is 368 g/mol. The Balaban J connectivity index is 2.21. The number of phenolic OH excluding ortho intramolecular Hbond substituents is 1. The quantitative estimate of drug-likeness (QED) is 0.413. The lowest BCUT2D eigenvalue weighted by Gasteiger charge is -2.14. The van der Waals surface area contributed by atoms with Crippen LogP contribution in [-0.2, 0) is 0 Å². The SMILES string of the molecule is COc1ccc(C(=O)c2c(C)noc2C)c(O)c1-c1cccc([N+](=O)[O-])c1. The maximum atomic E-state index is 12.9. The van der Waals surface area contributed by atoms with Gasteiger partial charge in [0.25, 0.3) is 5.69 Å². The molecule has 0 aliphatic carbocycles. The number of carbonyl (C=O) groups excluding carboxylic acids is 1. The third-order valence-electron chi connectivity index (χ3n) is 4.21. The van der Waals surface area contributed by atoms with Crippen molar-refractivity contribution in [2.24, 2.45) is 0 Å². The highest BCUT2D eigenvalue weighted by Gasteiger charge is 2.25. The van der Waals surface area contributed by atoms with Crippen LogP contribution in [0.25, 0.3) is 11.1 Å². The molecule has 138 valence electrons. The topological polar surface area (TPSA) is 116 Å². The third kappa shape index (κ3) is 3.12. The van der Waals surface area contributed by atoms with Crippen molar-refractivity contribution in [1.82, 2.24) is 5.16 Å². The molecule has 0 atom stereocenters. The first kappa shape index (κ1) is 18.1. The number of aromatic nitrogens is 1. The largest absolute Gasteiger partial charge is 0.506 e. The number of ketones is 1. The zero-order valence-electron chi connectivity index (χ0n) is 14.8. The second-order valence-electron chi connectivity index (χ2n) is 5.87. The summed E-state index contributed by atoms with van der Waals surface area (Å²) in [6.07, 6.45) is 0. The van der Waals surface area contributed by atoms with E-state index in [2.05, 4.69) is 5.16 Å². The molecule has 8 heteroatoms. The summed E-state index contributed by atoms with van der Waals surface area (Å²) in [7, 11) is 1.41. The molecule has 1 aromatic heterocycles. The van der Waals surface area contributed by atoms with Gasteiger partial charge in [0.15, 0.2) is 0 Å². The number of hydrogen-bond acceptors (Lipinski definition) is 7. The number of ether oxygens (including phenoxy) is 1. The Morgan fingerprint density at radius 2 is 2.00 bits per heavy atom. The number of nitro groups is 1. The van der Waals surface area contributed by atoms with E-state index < -0.39 is 10.7 Å². The molecule has 0 saturated heterocycles. The predicted octanol–water partition coefficient (Wildman–Crippen LogP) is 3.81. The summed E-state index contributed by atoms with van der Waals surface area (Å²) in [5, 5.41) is 25.6. The van der Waals surface area contributed by atoms with E-state index in [0.29, 0.717) is 17.0 Å². The standard InChI is InChI=1S/C19H16N2O6/c1-10-16(11(2)27-20-10)18(22)14-7-8-15(26-3)17(19(14)23)12-5-4-6-13(9-12)21(24)25/h4-9,23H,1-3H3. The van der Waals surface area contributed by atoms with Crippen LogP contribution in [0, 0.1) is 24.0 Å². The number of non-ortho nitro benzene ring substituents is 1. The molecule has 0 aliphatic heterocycles. The van der Waals surface area contributed by atoms with Gasteiger partial charge in [-0.1, -0.05) is 17.3 Å². The van der Waals surface area contributed by atoms with E-state index in [0.717, 1.165) is 0 Å². The minimum absolute atomic E-state index is 0.0201. The van der Waals surface area contributed by atoms with Crippen molar-refractivity contribution in [3.8, 4) is 22.6 Å². The predicted molar refractivity (Wildman–Crippen MR) is 96.2 cm³/mol. The number of phenols is 1. The number of methoxy groups -OCH3 is 1. The van der Waals surface area contributed by atoms with E-state index >= 15 is 0 Å². The van der Waals surface area contributed by atoms with Crippen LogP contribution in [0.3, 0.4) is 0 Å². The van der Waals surface area contributed by atoms with Crippen molar-refractivity contribution in [2.75, 3.05) is 7.11 Å². The molecule has 1 N–H and O–H groups in total. The van der Waals surface area contributed by atoms with Crippen LogP contribution < -0.4 is 4.74 Å². The molecule has 0 spiro atoms. The van der Waals surface area contributed by atoms with E-state index in [4.69, 9.17) is 9.26 Å². The Bertz CT molecular complexity index is 1030. The molecule has 0 fully saturated rings.